The molecule has 0 aliphatic carbocycles. The third kappa shape index (κ3) is 3.31. The quantitative estimate of drug-likeness (QED) is 0.810. The summed E-state index contributed by atoms with van der Waals surface area (Å²) in [5.41, 5.74) is 2.03. The van der Waals surface area contributed by atoms with Crippen molar-refractivity contribution >= 4 is 7.12 Å². The highest BCUT2D eigenvalue weighted by molar-refractivity contribution is 6.47. The van der Waals surface area contributed by atoms with Crippen LogP contribution in [0.4, 0.5) is 4.39 Å². The van der Waals surface area contributed by atoms with Gasteiger partial charge in [0, 0.05) is 19.0 Å². The highest BCUT2D eigenvalue weighted by Crippen LogP contribution is 2.31. The first-order valence-corrected chi connectivity index (χ1v) is 7.40. The van der Waals surface area contributed by atoms with Gasteiger partial charge in [0.15, 0.2) is 0 Å². The molecule has 0 saturated carbocycles. The van der Waals surface area contributed by atoms with E-state index in [0.29, 0.717) is 13.2 Å². The SMILES string of the molecule is COc1ccc([C@@H](B2OCCCO2)c2ccc(F)cc2)cc1. The number of ether oxygens (including phenoxy) is 1. The van der Waals surface area contributed by atoms with Crippen LogP contribution in [0.25, 0.3) is 0 Å². The van der Waals surface area contributed by atoms with Gasteiger partial charge in [0.25, 0.3) is 0 Å². The van der Waals surface area contributed by atoms with Crippen LogP contribution in [-0.4, -0.2) is 27.4 Å². The van der Waals surface area contributed by atoms with E-state index in [2.05, 4.69) is 0 Å². The van der Waals surface area contributed by atoms with Crippen LogP contribution in [0.1, 0.15) is 23.4 Å². The molecular formula is C17H18BFO3. The Morgan fingerprint density at radius 3 is 2.05 bits per heavy atom. The van der Waals surface area contributed by atoms with Crippen molar-refractivity contribution in [2.75, 3.05) is 20.3 Å². The van der Waals surface area contributed by atoms with E-state index in [1.807, 2.05) is 24.3 Å². The Hall–Kier alpha value is -1.85. The largest absolute Gasteiger partial charge is 0.497 e. The molecule has 1 atom stereocenters. The van der Waals surface area contributed by atoms with Crippen molar-refractivity contribution in [3.05, 3.63) is 65.5 Å². The molecule has 3 nitrogen and oxygen atoms in total. The van der Waals surface area contributed by atoms with Crippen molar-refractivity contribution in [1.82, 2.24) is 0 Å². The summed E-state index contributed by atoms with van der Waals surface area (Å²) in [6.07, 6.45) is 0.898. The highest BCUT2D eigenvalue weighted by Gasteiger charge is 2.34. The summed E-state index contributed by atoms with van der Waals surface area (Å²) in [5.74, 6) is 0.460. The lowest BCUT2D eigenvalue weighted by Crippen LogP contribution is -2.36. The summed E-state index contributed by atoms with van der Waals surface area (Å²) in [4.78, 5) is 0. The zero-order valence-electron chi connectivity index (χ0n) is 12.5. The molecule has 0 N–H and O–H groups in total. The molecule has 1 heterocycles. The van der Waals surface area contributed by atoms with Crippen molar-refractivity contribution in [2.24, 2.45) is 0 Å². The molecule has 0 amide bonds. The maximum Gasteiger partial charge on any atom is 0.469 e. The average Bonchev–Trinajstić information content (AvgIpc) is 2.58. The molecule has 3 rings (SSSR count). The molecular weight excluding hydrogens is 282 g/mol. The molecule has 114 valence electrons. The molecule has 0 unspecified atom stereocenters. The lowest BCUT2D eigenvalue weighted by atomic mass is 9.64. The van der Waals surface area contributed by atoms with Crippen LogP contribution < -0.4 is 4.74 Å². The minimum absolute atomic E-state index is 0.0909. The van der Waals surface area contributed by atoms with Crippen molar-refractivity contribution < 1.29 is 18.4 Å². The van der Waals surface area contributed by atoms with E-state index >= 15 is 0 Å². The number of hydrogen-bond donors (Lipinski definition) is 0. The Morgan fingerprint density at radius 2 is 1.50 bits per heavy atom. The van der Waals surface area contributed by atoms with E-state index in [9.17, 15) is 4.39 Å². The molecule has 1 fully saturated rings. The molecule has 0 radical (unpaired) electrons. The van der Waals surface area contributed by atoms with Crippen molar-refractivity contribution in [3.8, 4) is 5.75 Å². The normalized spacial score (nSPS) is 16.4. The monoisotopic (exact) mass is 300 g/mol. The Balaban J connectivity index is 1.95. The maximum absolute atomic E-state index is 13.2. The van der Waals surface area contributed by atoms with Gasteiger partial charge in [-0.2, -0.15) is 0 Å². The van der Waals surface area contributed by atoms with E-state index in [4.69, 9.17) is 14.0 Å². The summed E-state index contributed by atoms with van der Waals surface area (Å²) < 4.78 is 30.0. The Kier molecular flexibility index (Phi) is 4.75. The molecule has 2 aromatic rings. The van der Waals surface area contributed by atoms with E-state index in [-0.39, 0.29) is 18.8 Å². The predicted octanol–water partition coefficient (Wildman–Crippen LogP) is 3.43. The molecule has 1 aliphatic heterocycles. The van der Waals surface area contributed by atoms with E-state index in [1.54, 1.807) is 19.2 Å². The van der Waals surface area contributed by atoms with Gasteiger partial charge in [-0.15, -0.1) is 0 Å². The van der Waals surface area contributed by atoms with E-state index in [1.165, 1.54) is 12.1 Å². The Bertz CT molecular complexity index is 594. The Labute approximate surface area is 130 Å². The second-order valence-electron chi connectivity index (χ2n) is 5.27. The maximum atomic E-state index is 13.2. The average molecular weight is 300 g/mol. The standard InChI is InChI=1S/C17H18BFO3/c1-20-16-9-5-14(6-10-16)17(18-21-11-2-12-22-18)13-3-7-15(19)8-4-13/h3-10,17H,2,11-12H2,1H3/t17-/m0/s1. The van der Waals surface area contributed by atoms with Gasteiger partial charge in [0.1, 0.15) is 11.6 Å². The van der Waals surface area contributed by atoms with Crippen LogP contribution in [0, 0.1) is 5.82 Å². The molecule has 22 heavy (non-hydrogen) atoms. The van der Waals surface area contributed by atoms with Gasteiger partial charge >= 0.3 is 7.12 Å². The lowest BCUT2D eigenvalue weighted by Gasteiger charge is -2.27. The second kappa shape index (κ2) is 6.94. The molecule has 2 aromatic carbocycles. The van der Waals surface area contributed by atoms with E-state index in [0.717, 1.165) is 23.3 Å². The zero-order chi connectivity index (χ0) is 15.4. The molecule has 1 aliphatic rings. The van der Waals surface area contributed by atoms with Crippen LogP contribution in [0.3, 0.4) is 0 Å². The second-order valence-corrected chi connectivity index (χ2v) is 5.27. The van der Waals surface area contributed by atoms with Crippen molar-refractivity contribution in [2.45, 2.75) is 12.2 Å². The fraction of sp³-hybridized carbons (Fsp3) is 0.294. The third-order valence-corrected chi connectivity index (χ3v) is 3.83. The van der Waals surface area contributed by atoms with Crippen LogP contribution >= 0.6 is 0 Å². The first-order chi connectivity index (χ1) is 10.8. The van der Waals surface area contributed by atoms with Gasteiger partial charge in [-0.3, -0.25) is 0 Å². The lowest BCUT2D eigenvalue weighted by molar-refractivity contribution is 0.130. The summed E-state index contributed by atoms with van der Waals surface area (Å²) in [7, 11) is 1.28. The summed E-state index contributed by atoms with van der Waals surface area (Å²) in [5, 5.41) is 0. The van der Waals surface area contributed by atoms with Gasteiger partial charge in [-0.25, -0.2) is 4.39 Å². The molecule has 5 heteroatoms. The minimum Gasteiger partial charge on any atom is -0.497 e. The first-order valence-electron chi connectivity index (χ1n) is 7.40. The summed E-state index contributed by atoms with van der Waals surface area (Å²) in [6.45, 7) is 1.36. The third-order valence-electron chi connectivity index (χ3n) is 3.83. The fourth-order valence-corrected chi connectivity index (χ4v) is 2.69. The van der Waals surface area contributed by atoms with Gasteiger partial charge in [0.05, 0.1) is 7.11 Å². The van der Waals surface area contributed by atoms with Gasteiger partial charge in [0.2, 0.25) is 0 Å². The topological polar surface area (TPSA) is 27.7 Å². The van der Waals surface area contributed by atoms with Crippen molar-refractivity contribution in [3.63, 3.8) is 0 Å². The number of halogens is 1. The van der Waals surface area contributed by atoms with Crippen LogP contribution in [0.2, 0.25) is 0 Å². The van der Waals surface area contributed by atoms with E-state index < -0.39 is 0 Å². The summed E-state index contributed by atoms with van der Waals surface area (Å²) >= 11 is 0. The smallest absolute Gasteiger partial charge is 0.469 e. The number of hydrogen-bond acceptors (Lipinski definition) is 3. The number of methoxy groups -OCH3 is 1. The number of benzene rings is 2. The predicted molar refractivity (Wildman–Crippen MR) is 83.5 cm³/mol. The highest BCUT2D eigenvalue weighted by atomic mass is 19.1. The Morgan fingerprint density at radius 1 is 0.955 bits per heavy atom. The fourth-order valence-electron chi connectivity index (χ4n) is 2.69. The van der Waals surface area contributed by atoms with Gasteiger partial charge < -0.3 is 14.0 Å². The first kappa shape index (κ1) is 15.1. The molecule has 0 aromatic heterocycles. The molecule has 1 saturated heterocycles. The molecule has 0 bridgehead atoms. The minimum atomic E-state index is -0.354. The van der Waals surface area contributed by atoms with Crippen LogP contribution in [0.15, 0.2) is 48.5 Å². The van der Waals surface area contributed by atoms with Gasteiger partial charge in [-0.05, 0) is 41.8 Å². The summed E-state index contributed by atoms with van der Waals surface area (Å²) in [6, 6.07) is 14.3. The van der Waals surface area contributed by atoms with Crippen molar-refractivity contribution in [1.29, 1.82) is 0 Å². The number of rotatable bonds is 4. The van der Waals surface area contributed by atoms with Crippen LogP contribution in [-0.2, 0) is 9.31 Å². The van der Waals surface area contributed by atoms with Gasteiger partial charge in [-0.1, -0.05) is 24.3 Å². The molecule has 0 spiro atoms. The zero-order valence-corrected chi connectivity index (χ0v) is 12.5. The van der Waals surface area contributed by atoms with Crippen LogP contribution in [0.5, 0.6) is 5.75 Å².